The van der Waals surface area contributed by atoms with Crippen molar-refractivity contribution in [3.63, 3.8) is 0 Å². The van der Waals surface area contributed by atoms with Gasteiger partial charge in [0.15, 0.2) is 0 Å². The summed E-state index contributed by atoms with van der Waals surface area (Å²) in [7, 11) is 1.77. The summed E-state index contributed by atoms with van der Waals surface area (Å²) in [5.74, 6) is 0. The molecule has 2 rings (SSSR count). The maximum absolute atomic E-state index is 11.9. The zero-order valence-corrected chi connectivity index (χ0v) is 11.1. The second-order valence-corrected chi connectivity index (χ2v) is 4.93. The number of rotatable bonds is 3. The van der Waals surface area contributed by atoms with Crippen LogP contribution in [0.1, 0.15) is 12.0 Å². The number of amides is 2. The van der Waals surface area contributed by atoms with Crippen LogP contribution in [0.3, 0.4) is 0 Å². The van der Waals surface area contributed by atoms with E-state index in [1.165, 1.54) is 0 Å². The van der Waals surface area contributed by atoms with Crippen LogP contribution in [0.2, 0.25) is 5.02 Å². The minimum Gasteiger partial charge on any atom is -0.379 e. The average molecular weight is 269 g/mol. The first-order chi connectivity index (χ1) is 8.65. The van der Waals surface area contributed by atoms with Crippen molar-refractivity contribution >= 4 is 17.6 Å². The van der Waals surface area contributed by atoms with Crippen molar-refractivity contribution < 1.29 is 9.53 Å². The molecule has 0 radical (unpaired) electrons. The summed E-state index contributed by atoms with van der Waals surface area (Å²) in [4.78, 5) is 13.6. The van der Waals surface area contributed by atoms with Crippen molar-refractivity contribution in [2.75, 3.05) is 20.3 Å². The highest BCUT2D eigenvalue weighted by Crippen LogP contribution is 2.12. The summed E-state index contributed by atoms with van der Waals surface area (Å²) in [6.45, 7) is 1.87. The number of ether oxygens (including phenoxy) is 1. The summed E-state index contributed by atoms with van der Waals surface area (Å²) in [6, 6.07) is 7.58. The molecule has 1 aliphatic rings. The van der Waals surface area contributed by atoms with E-state index in [4.69, 9.17) is 16.3 Å². The molecule has 4 nitrogen and oxygen atoms in total. The van der Waals surface area contributed by atoms with Crippen LogP contribution in [0.25, 0.3) is 0 Å². The minimum atomic E-state index is -0.0783. The van der Waals surface area contributed by atoms with Crippen molar-refractivity contribution in [1.82, 2.24) is 10.2 Å². The Balaban J connectivity index is 1.86. The van der Waals surface area contributed by atoms with Gasteiger partial charge in [0.25, 0.3) is 0 Å². The SMILES string of the molecule is CN(Cc1cccc(Cl)c1)C(=O)NC1CCOC1. The fraction of sp³-hybridized carbons (Fsp3) is 0.462. The highest BCUT2D eigenvalue weighted by molar-refractivity contribution is 6.30. The van der Waals surface area contributed by atoms with E-state index in [-0.39, 0.29) is 12.1 Å². The topological polar surface area (TPSA) is 41.6 Å². The molecule has 5 heteroatoms. The van der Waals surface area contributed by atoms with Gasteiger partial charge in [-0.05, 0) is 24.1 Å². The van der Waals surface area contributed by atoms with Gasteiger partial charge in [-0.3, -0.25) is 0 Å². The van der Waals surface area contributed by atoms with E-state index in [0.29, 0.717) is 18.2 Å². The van der Waals surface area contributed by atoms with Gasteiger partial charge in [-0.1, -0.05) is 23.7 Å². The van der Waals surface area contributed by atoms with Gasteiger partial charge in [0.1, 0.15) is 0 Å². The molecular formula is C13H17ClN2O2. The molecule has 98 valence electrons. The van der Waals surface area contributed by atoms with Crippen LogP contribution in [0.4, 0.5) is 4.79 Å². The molecule has 0 bridgehead atoms. The number of nitrogens with one attached hydrogen (secondary N) is 1. The first kappa shape index (κ1) is 13.2. The lowest BCUT2D eigenvalue weighted by Gasteiger charge is -2.20. The quantitative estimate of drug-likeness (QED) is 0.914. The first-order valence-electron chi connectivity index (χ1n) is 5.99. The van der Waals surface area contributed by atoms with Crippen LogP contribution >= 0.6 is 11.6 Å². The summed E-state index contributed by atoms with van der Waals surface area (Å²) >= 11 is 5.91. The van der Waals surface area contributed by atoms with Gasteiger partial charge in [-0.2, -0.15) is 0 Å². The van der Waals surface area contributed by atoms with Gasteiger partial charge in [-0.25, -0.2) is 4.79 Å². The fourth-order valence-electron chi connectivity index (χ4n) is 1.91. The highest BCUT2D eigenvalue weighted by Gasteiger charge is 2.19. The van der Waals surface area contributed by atoms with Crippen LogP contribution in [0, 0.1) is 0 Å². The van der Waals surface area contributed by atoms with Crippen molar-refractivity contribution in [2.24, 2.45) is 0 Å². The number of carbonyl (C=O) groups is 1. The van der Waals surface area contributed by atoms with Crippen molar-refractivity contribution in [1.29, 1.82) is 0 Å². The Hall–Kier alpha value is -1.26. The standard InChI is InChI=1S/C13H17ClN2O2/c1-16(8-10-3-2-4-11(14)7-10)13(17)15-12-5-6-18-9-12/h2-4,7,12H,5-6,8-9H2,1H3,(H,15,17). The Bertz CT molecular complexity index is 419. The fourth-order valence-corrected chi connectivity index (χ4v) is 2.13. The zero-order valence-electron chi connectivity index (χ0n) is 10.4. The number of nitrogens with zero attached hydrogens (tertiary/aromatic N) is 1. The van der Waals surface area contributed by atoms with Crippen LogP contribution in [-0.4, -0.2) is 37.2 Å². The van der Waals surface area contributed by atoms with Crippen molar-refractivity contribution in [2.45, 2.75) is 19.0 Å². The van der Waals surface area contributed by atoms with Gasteiger partial charge in [0.2, 0.25) is 0 Å². The molecule has 18 heavy (non-hydrogen) atoms. The summed E-state index contributed by atoms with van der Waals surface area (Å²) in [5, 5.41) is 3.63. The zero-order chi connectivity index (χ0) is 13.0. The monoisotopic (exact) mass is 268 g/mol. The van der Waals surface area contributed by atoms with E-state index in [2.05, 4.69) is 5.32 Å². The van der Waals surface area contributed by atoms with Crippen molar-refractivity contribution in [3.05, 3.63) is 34.9 Å². The molecule has 0 aromatic heterocycles. The Morgan fingerprint density at radius 2 is 2.44 bits per heavy atom. The number of benzene rings is 1. The van der Waals surface area contributed by atoms with Gasteiger partial charge in [0, 0.05) is 25.2 Å². The average Bonchev–Trinajstić information content (AvgIpc) is 2.81. The van der Waals surface area contributed by atoms with E-state index in [1.54, 1.807) is 11.9 Å². The van der Waals surface area contributed by atoms with Crippen LogP contribution in [0.5, 0.6) is 0 Å². The molecule has 1 heterocycles. The first-order valence-corrected chi connectivity index (χ1v) is 6.37. The second kappa shape index (κ2) is 6.07. The molecule has 0 aliphatic carbocycles. The number of urea groups is 1. The number of halogens is 1. The van der Waals surface area contributed by atoms with Crippen LogP contribution in [-0.2, 0) is 11.3 Å². The van der Waals surface area contributed by atoms with Gasteiger partial charge < -0.3 is 15.0 Å². The number of hydrogen-bond donors (Lipinski definition) is 1. The molecular weight excluding hydrogens is 252 g/mol. The lowest BCUT2D eigenvalue weighted by molar-refractivity contribution is 0.181. The van der Waals surface area contributed by atoms with Crippen LogP contribution < -0.4 is 5.32 Å². The van der Waals surface area contributed by atoms with E-state index >= 15 is 0 Å². The molecule has 1 aromatic rings. The van der Waals surface area contributed by atoms with E-state index in [9.17, 15) is 4.79 Å². The maximum atomic E-state index is 11.9. The molecule has 0 saturated carbocycles. The molecule has 0 spiro atoms. The van der Waals surface area contributed by atoms with E-state index in [1.807, 2.05) is 24.3 Å². The Labute approximate surface area is 112 Å². The third-order valence-corrected chi connectivity index (χ3v) is 3.15. The summed E-state index contributed by atoms with van der Waals surface area (Å²) in [5.41, 5.74) is 1.02. The summed E-state index contributed by atoms with van der Waals surface area (Å²) in [6.07, 6.45) is 0.886. The molecule has 1 fully saturated rings. The third-order valence-electron chi connectivity index (χ3n) is 2.91. The van der Waals surface area contributed by atoms with E-state index in [0.717, 1.165) is 18.6 Å². The summed E-state index contributed by atoms with van der Waals surface area (Å²) < 4.78 is 5.22. The lowest BCUT2D eigenvalue weighted by Crippen LogP contribution is -2.43. The molecule has 1 N–H and O–H groups in total. The Morgan fingerprint density at radius 1 is 1.61 bits per heavy atom. The number of hydrogen-bond acceptors (Lipinski definition) is 2. The molecule has 1 aliphatic heterocycles. The molecule has 1 saturated heterocycles. The van der Waals surface area contributed by atoms with Crippen molar-refractivity contribution in [3.8, 4) is 0 Å². The molecule has 1 unspecified atom stereocenters. The molecule has 2 amide bonds. The van der Waals surface area contributed by atoms with E-state index < -0.39 is 0 Å². The van der Waals surface area contributed by atoms with Gasteiger partial charge in [0.05, 0.1) is 12.6 Å². The second-order valence-electron chi connectivity index (χ2n) is 4.50. The molecule has 1 aromatic carbocycles. The van der Waals surface area contributed by atoms with Crippen LogP contribution in [0.15, 0.2) is 24.3 Å². The van der Waals surface area contributed by atoms with Gasteiger partial charge >= 0.3 is 6.03 Å². The minimum absolute atomic E-state index is 0.0783. The predicted octanol–water partition coefficient (Wildman–Crippen LogP) is 2.27. The highest BCUT2D eigenvalue weighted by atomic mass is 35.5. The third kappa shape index (κ3) is 3.62. The predicted molar refractivity (Wildman–Crippen MR) is 70.7 cm³/mol. The number of carbonyl (C=O) groups excluding carboxylic acids is 1. The normalized spacial score (nSPS) is 18.7. The smallest absolute Gasteiger partial charge is 0.317 e. The largest absolute Gasteiger partial charge is 0.379 e. The molecule has 1 atom stereocenters. The Morgan fingerprint density at radius 3 is 3.11 bits per heavy atom. The Kier molecular flexibility index (Phi) is 4.44. The van der Waals surface area contributed by atoms with Gasteiger partial charge in [-0.15, -0.1) is 0 Å². The lowest BCUT2D eigenvalue weighted by atomic mass is 10.2. The maximum Gasteiger partial charge on any atom is 0.317 e.